The fourth-order valence-corrected chi connectivity index (χ4v) is 2.56. The summed E-state index contributed by atoms with van der Waals surface area (Å²) in [4.78, 5) is 2.34. The number of aliphatic hydroxyl groups excluding tert-OH is 1. The van der Waals surface area contributed by atoms with E-state index in [-0.39, 0.29) is 12.7 Å². The highest BCUT2D eigenvalue weighted by molar-refractivity contribution is 6.30. The van der Waals surface area contributed by atoms with Gasteiger partial charge in [0.25, 0.3) is 0 Å². The Morgan fingerprint density at radius 2 is 2.39 bits per heavy atom. The van der Waals surface area contributed by atoms with Gasteiger partial charge in [-0.3, -0.25) is 4.90 Å². The molecule has 0 aromatic heterocycles. The zero-order chi connectivity index (χ0) is 13.0. The smallest absolute Gasteiger partial charge is 0.0932 e. The van der Waals surface area contributed by atoms with Crippen LogP contribution in [0.4, 0.5) is 0 Å². The highest BCUT2D eigenvalue weighted by Gasteiger charge is 2.21. The van der Waals surface area contributed by atoms with Crippen molar-refractivity contribution < 1.29 is 9.84 Å². The molecule has 1 aliphatic heterocycles. The van der Waals surface area contributed by atoms with Crippen LogP contribution >= 0.6 is 11.6 Å². The molecule has 0 aliphatic carbocycles. The fourth-order valence-electron chi connectivity index (χ4n) is 2.36. The number of benzene rings is 1. The third-order valence-corrected chi connectivity index (χ3v) is 3.61. The van der Waals surface area contributed by atoms with Gasteiger partial charge in [0.05, 0.1) is 19.3 Å². The Morgan fingerprint density at radius 3 is 3.11 bits per heavy atom. The molecule has 0 radical (unpaired) electrons. The average molecular weight is 270 g/mol. The maximum absolute atomic E-state index is 9.13. The summed E-state index contributed by atoms with van der Waals surface area (Å²) in [6, 6.07) is 8.02. The molecule has 2 atom stereocenters. The van der Waals surface area contributed by atoms with E-state index in [9.17, 15) is 0 Å². The summed E-state index contributed by atoms with van der Waals surface area (Å²) in [5, 5.41) is 9.91. The molecule has 0 amide bonds. The lowest BCUT2D eigenvalue weighted by molar-refractivity contribution is -0.0536. The van der Waals surface area contributed by atoms with Crippen molar-refractivity contribution >= 4 is 11.6 Å². The normalized spacial score (nSPS) is 22.9. The second-order valence-corrected chi connectivity index (χ2v) is 5.33. The zero-order valence-electron chi connectivity index (χ0n) is 10.7. The van der Waals surface area contributed by atoms with Gasteiger partial charge in [-0.15, -0.1) is 0 Å². The van der Waals surface area contributed by atoms with Crippen molar-refractivity contribution in [1.29, 1.82) is 0 Å². The predicted octanol–water partition coefficient (Wildman–Crippen LogP) is 2.14. The van der Waals surface area contributed by atoms with Crippen LogP contribution in [0.15, 0.2) is 24.3 Å². The van der Waals surface area contributed by atoms with Crippen molar-refractivity contribution in [3.8, 4) is 0 Å². The van der Waals surface area contributed by atoms with Gasteiger partial charge in [-0.05, 0) is 23.6 Å². The minimum atomic E-state index is -0.0367. The van der Waals surface area contributed by atoms with E-state index in [4.69, 9.17) is 21.4 Å². The van der Waals surface area contributed by atoms with Crippen LogP contribution in [0.5, 0.6) is 0 Å². The summed E-state index contributed by atoms with van der Waals surface area (Å²) in [7, 11) is 0. The van der Waals surface area contributed by atoms with E-state index < -0.39 is 0 Å². The van der Waals surface area contributed by atoms with Crippen molar-refractivity contribution in [2.24, 2.45) is 0 Å². The molecule has 1 N–H and O–H groups in total. The molecule has 0 bridgehead atoms. The van der Waals surface area contributed by atoms with Crippen LogP contribution in [0.3, 0.4) is 0 Å². The van der Waals surface area contributed by atoms with Crippen LogP contribution in [0.1, 0.15) is 18.4 Å². The first-order valence-electron chi connectivity index (χ1n) is 6.39. The number of rotatable bonds is 4. The van der Waals surface area contributed by atoms with Gasteiger partial charge < -0.3 is 9.84 Å². The van der Waals surface area contributed by atoms with Crippen molar-refractivity contribution in [2.45, 2.75) is 18.9 Å². The number of ether oxygens (including phenoxy) is 1. The Balaban J connectivity index is 1.92. The van der Waals surface area contributed by atoms with E-state index in [0.717, 1.165) is 24.7 Å². The summed E-state index contributed by atoms with van der Waals surface area (Å²) >= 11 is 6.01. The Bertz CT molecular complexity index is 386. The largest absolute Gasteiger partial charge is 0.394 e. The number of nitrogens with zero attached hydrogens (tertiary/aromatic N) is 1. The summed E-state index contributed by atoms with van der Waals surface area (Å²) in [5.41, 5.74) is 1.26. The molecule has 18 heavy (non-hydrogen) atoms. The molecular formula is C14H20ClNO2. The van der Waals surface area contributed by atoms with Crippen molar-refractivity contribution in [3.63, 3.8) is 0 Å². The number of morpholine rings is 1. The zero-order valence-corrected chi connectivity index (χ0v) is 11.4. The monoisotopic (exact) mass is 269 g/mol. The molecule has 1 aromatic rings. The first-order chi connectivity index (χ1) is 8.69. The Kier molecular flexibility index (Phi) is 5.01. The average Bonchev–Trinajstić information content (AvgIpc) is 2.39. The van der Waals surface area contributed by atoms with Crippen molar-refractivity contribution in [2.75, 3.05) is 32.8 Å². The molecule has 0 saturated carbocycles. The third-order valence-electron chi connectivity index (χ3n) is 3.38. The fraction of sp³-hybridized carbons (Fsp3) is 0.571. The van der Waals surface area contributed by atoms with Gasteiger partial charge in [-0.2, -0.15) is 0 Å². The van der Waals surface area contributed by atoms with E-state index in [1.807, 2.05) is 18.2 Å². The van der Waals surface area contributed by atoms with Crippen LogP contribution in [-0.4, -0.2) is 49.0 Å². The topological polar surface area (TPSA) is 32.7 Å². The molecule has 100 valence electrons. The van der Waals surface area contributed by atoms with Gasteiger partial charge in [0.2, 0.25) is 0 Å². The van der Waals surface area contributed by atoms with E-state index >= 15 is 0 Å². The number of hydrogen-bond acceptors (Lipinski definition) is 3. The highest BCUT2D eigenvalue weighted by atomic mass is 35.5. The molecule has 1 fully saturated rings. The Labute approximate surface area is 113 Å². The van der Waals surface area contributed by atoms with Gasteiger partial charge in [-0.1, -0.05) is 30.7 Å². The molecule has 1 aliphatic rings. The molecule has 1 saturated heterocycles. The number of aliphatic hydroxyl groups is 1. The molecule has 3 nitrogen and oxygen atoms in total. The van der Waals surface area contributed by atoms with Crippen molar-refractivity contribution in [3.05, 3.63) is 34.9 Å². The van der Waals surface area contributed by atoms with Gasteiger partial charge in [0.15, 0.2) is 0 Å². The van der Waals surface area contributed by atoms with Gasteiger partial charge >= 0.3 is 0 Å². The minimum absolute atomic E-state index is 0.0367. The summed E-state index contributed by atoms with van der Waals surface area (Å²) in [6.45, 7) is 5.72. The van der Waals surface area contributed by atoms with Gasteiger partial charge in [0, 0.05) is 24.7 Å². The standard InChI is InChI=1S/C14H20ClNO2/c1-11(12-3-2-4-13(15)7-12)8-16-5-6-18-14(9-16)10-17/h2-4,7,11,14,17H,5-6,8-10H2,1H3/t11-,14-/m0/s1. The number of hydrogen-bond donors (Lipinski definition) is 1. The molecule has 2 rings (SSSR count). The molecular weight excluding hydrogens is 250 g/mol. The minimum Gasteiger partial charge on any atom is -0.394 e. The van der Waals surface area contributed by atoms with Crippen molar-refractivity contribution in [1.82, 2.24) is 4.90 Å². The van der Waals surface area contributed by atoms with Gasteiger partial charge in [-0.25, -0.2) is 0 Å². The van der Waals surface area contributed by atoms with Crippen LogP contribution in [0.2, 0.25) is 5.02 Å². The second kappa shape index (κ2) is 6.53. The molecule has 1 heterocycles. The van der Waals surface area contributed by atoms with E-state index in [2.05, 4.69) is 17.9 Å². The lowest BCUT2D eigenvalue weighted by atomic mass is 10.0. The first kappa shape index (κ1) is 13.8. The Morgan fingerprint density at radius 1 is 1.56 bits per heavy atom. The number of halogens is 1. The molecule has 4 heteroatoms. The lowest BCUT2D eigenvalue weighted by Gasteiger charge is -2.33. The van der Waals surface area contributed by atoms with Crippen LogP contribution in [0.25, 0.3) is 0 Å². The summed E-state index contributed by atoms with van der Waals surface area (Å²) in [5.74, 6) is 0.432. The molecule has 1 aromatic carbocycles. The SMILES string of the molecule is C[C@@H](CN1CCO[C@H](CO)C1)c1cccc(Cl)c1. The summed E-state index contributed by atoms with van der Waals surface area (Å²) in [6.07, 6.45) is -0.0367. The summed E-state index contributed by atoms with van der Waals surface area (Å²) < 4.78 is 5.45. The predicted molar refractivity (Wildman–Crippen MR) is 73.1 cm³/mol. The maximum Gasteiger partial charge on any atom is 0.0932 e. The molecule has 0 spiro atoms. The van der Waals surface area contributed by atoms with Crippen LogP contribution in [-0.2, 0) is 4.74 Å². The first-order valence-corrected chi connectivity index (χ1v) is 6.77. The van der Waals surface area contributed by atoms with E-state index in [0.29, 0.717) is 12.5 Å². The Hall–Kier alpha value is -0.610. The van der Waals surface area contributed by atoms with Crippen LogP contribution < -0.4 is 0 Å². The van der Waals surface area contributed by atoms with E-state index in [1.165, 1.54) is 5.56 Å². The lowest BCUT2D eigenvalue weighted by Crippen LogP contribution is -2.45. The third kappa shape index (κ3) is 3.69. The van der Waals surface area contributed by atoms with Gasteiger partial charge in [0.1, 0.15) is 0 Å². The van der Waals surface area contributed by atoms with Crippen LogP contribution in [0, 0.1) is 0 Å². The highest BCUT2D eigenvalue weighted by Crippen LogP contribution is 2.21. The second-order valence-electron chi connectivity index (χ2n) is 4.89. The maximum atomic E-state index is 9.13. The van der Waals surface area contributed by atoms with E-state index in [1.54, 1.807) is 0 Å². The quantitative estimate of drug-likeness (QED) is 0.909. The molecule has 0 unspecified atom stereocenters.